The molecule has 0 amide bonds. The first-order chi connectivity index (χ1) is 7.74. The number of hydrogen-bond acceptors (Lipinski definition) is 3. The van der Waals surface area contributed by atoms with E-state index in [1.165, 1.54) is 12.8 Å². The van der Waals surface area contributed by atoms with E-state index in [1.54, 1.807) is 0 Å². The van der Waals surface area contributed by atoms with Gasteiger partial charge in [0.05, 0.1) is 11.7 Å². The van der Waals surface area contributed by atoms with Crippen LogP contribution in [0.1, 0.15) is 45.4 Å². The zero-order valence-electron chi connectivity index (χ0n) is 10.4. The van der Waals surface area contributed by atoms with Gasteiger partial charge >= 0.3 is 0 Å². The fourth-order valence-corrected chi connectivity index (χ4v) is 3.11. The quantitative estimate of drug-likeness (QED) is 0.768. The Labute approximate surface area is 98.6 Å². The van der Waals surface area contributed by atoms with E-state index < -0.39 is 5.60 Å². The number of piperidine rings is 1. The van der Waals surface area contributed by atoms with Crippen LogP contribution < -0.4 is 5.32 Å². The highest BCUT2D eigenvalue weighted by molar-refractivity contribution is 4.92. The summed E-state index contributed by atoms with van der Waals surface area (Å²) in [5, 5.41) is 14.1. The van der Waals surface area contributed by atoms with Crippen LogP contribution in [-0.2, 0) is 4.74 Å². The third-order valence-corrected chi connectivity index (χ3v) is 4.30. The molecule has 2 heterocycles. The highest BCUT2D eigenvalue weighted by Crippen LogP contribution is 2.33. The number of aliphatic hydroxyl groups is 1. The molecular formula is C13H25NO2. The molecule has 0 saturated carbocycles. The Morgan fingerprint density at radius 3 is 3.06 bits per heavy atom. The summed E-state index contributed by atoms with van der Waals surface area (Å²) in [5.41, 5.74) is -0.439. The first-order valence-electron chi connectivity index (χ1n) is 6.79. The Kier molecular flexibility index (Phi) is 4.22. The van der Waals surface area contributed by atoms with Crippen molar-refractivity contribution in [2.45, 2.75) is 57.2 Å². The summed E-state index contributed by atoms with van der Waals surface area (Å²) < 4.78 is 5.63. The van der Waals surface area contributed by atoms with E-state index >= 15 is 0 Å². The van der Waals surface area contributed by atoms with Gasteiger partial charge in [-0.25, -0.2) is 0 Å². The van der Waals surface area contributed by atoms with E-state index in [-0.39, 0.29) is 0 Å². The van der Waals surface area contributed by atoms with E-state index in [0.29, 0.717) is 12.0 Å². The van der Waals surface area contributed by atoms with Crippen molar-refractivity contribution in [1.82, 2.24) is 5.32 Å². The van der Waals surface area contributed by atoms with Crippen molar-refractivity contribution in [3.63, 3.8) is 0 Å². The molecule has 0 bridgehead atoms. The van der Waals surface area contributed by atoms with E-state index in [9.17, 15) is 5.11 Å². The van der Waals surface area contributed by atoms with E-state index in [2.05, 4.69) is 12.2 Å². The molecule has 0 aromatic rings. The van der Waals surface area contributed by atoms with Gasteiger partial charge in [0.1, 0.15) is 0 Å². The minimum Gasteiger partial charge on any atom is -0.390 e. The zero-order chi connectivity index (χ0) is 11.4. The van der Waals surface area contributed by atoms with Crippen molar-refractivity contribution in [3.05, 3.63) is 0 Å². The van der Waals surface area contributed by atoms with E-state index in [4.69, 9.17) is 4.74 Å². The lowest BCUT2D eigenvalue weighted by atomic mass is 9.76. The third-order valence-electron chi connectivity index (χ3n) is 4.30. The van der Waals surface area contributed by atoms with E-state index in [1.807, 2.05) is 0 Å². The molecule has 0 radical (unpaired) electrons. The smallest absolute Gasteiger partial charge is 0.0700 e. The molecule has 2 aliphatic rings. The molecule has 0 aromatic heterocycles. The van der Waals surface area contributed by atoms with Gasteiger partial charge in [0.25, 0.3) is 0 Å². The van der Waals surface area contributed by atoms with Crippen LogP contribution >= 0.6 is 0 Å². The number of nitrogens with one attached hydrogen (secondary N) is 1. The molecule has 0 aromatic carbocycles. The molecular weight excluding hydrogens is 202 g/mol. The lowest BCUT2D eigenvalue weighted by Gasteiger charge is -2.40. The zero-order valence-corrected chi connectivity index (χ0v) is 10.4. The molecule has 3 unspecified atom stereocenters. The topological polar surface area (TPSA) is 41.5 Å². The summed E-state index contributed by atoms with van der Waals surface area (Å²) >= 11 is 0. The van der Waals surface area contributed by atoms with Gasteiger partial charge in [0, 0.05) is 13.2 Å². The molecule has 2 saturated heterocycles. The summed E-state index contributed by atoms with van der Waals surface area (Å²) in [6.07, 6.45) is 6.71. The van der Waals surface area contributed by atoms with Crippen molar-refractivity contribution in [1.29, 1.82) is 0 Å². The third kappa shape index (κ3) is 2.76. The van der Waals surface area contributed by atoms with Gasteiger partial charge < -0.3 is 15.2 Å². The molecule has 2 aliphatic heterocycles. The number of rotatable bonds is 4. The van der Waals surface area contributed by atoms with Crippen LogP contribution in [0, 0.1) is 5.92 Å². The van der Waals surface area contributed by atoms with Crippen LogP contribution in [0.4, 0.5) is 0 Å². The molecule has 3 atom stereocenters. The van der Waals surface area contributed by atoms with Gasteiger partial charge in [0.15, 0.2) is 0 Å². The summed E-state index contributed by atoms with van der Waals surface area (Å²) in [6.45, 7) is 5.02. The fraction of sp³-hybridized carbons (Fsp3) is 1.00. The molecule has 16 heavy (non-hydrogen) atoms. The predicted molar refractivity (Wildman–Crippen MR) is 64.4 cm³/mol. The lowest BCUT2D eigenvalue weighted by Crippen LogP contribution is -2.50. The van der Waals surface area contributed by atoms with Crippen LogP contribution in [0.25, 0.3) is 0 Å². The summed E-state index contributed by atoms with van der Waals surface area (Å²) in [5.74, 6) is 0.419. The fourth-order valence-electron chi connectivity index (χ4n) is 3.11. The Bertz CT molecular complexity index is 216. The van der Waals surface area contributed by atoms with Crippen LogP contribution in [0.3, 0.4) is 0 Å². The summed E-state index contributed by atoms with van der Waals surface area (Å²) in [6, 6.07) is 0. The van der Waals surface area contributed by atoms with Crippen molar-refractivity contribution in [2.24, 2.45) is 5.92 Å². The maximum absolute atomic E-state index is 10.7. The Hall–Kier alpha value is -0.120. The normalized spacial score (nSPS) is 40.1. The first kappa shape index (κ1) is 12.3. The lowest BCUT2D eigenvalue weighted by molar-refractivity contribution is -0.0583. The second kappa shape index (κ2) is 5.48. The largest absolute Gasteiger partial charge is 0.390 e. The Morgan fingerprint density at radius 2 is 2.38 bits per heavy atom. The van der Waals surface area contributed by atoms with Crippen LogP contribution in [0.15, 0.2) is 0 Å². The molecule has 0 aliphatic carbocycles. The van der Waals surface area contributed by atoms with Gasteiger partial charge in [-0.3, -0.25) is 0 Å². The van der Waals surface area contributed by atoms with Gasteiger partial charge in [0.2, 0.25) is 0 Å². The van der Waals surface area contributed by atoms with Crippen LogP contribution in [0.5, 0.6) is 0 Å². The SMILES string of the molecule is CCC1CNCCC1(O)CCC1CCCO1. The molecule has 94 valence electrons. The van der Waals surface area contributed by atoms with Gasteiger partial charge in [-0.05, 0) is 51.0 Å². The standard InChI is InChI=1S/C13H25NO2/c1-2-11-10-14-8-7-13(11,15)6-5-12-4-3-9-16-12/h11-12,14-15H,2-10H2,1H3. The molecule has 2 rings (SSSR count). The minimum atomic E-state index is -0.439. The van der Waals surface area contributed by atoms with E-state index in [0.717, 1.165) is 45.4 Å². The van der Waals surface area contributed by atoms with Crippen molar-refractivity contribution in [3.8, 4) is 0 Å². The average molecular weight is 227 g/mol. The minimum absolute atomic E-state index is 0.413. The second-order valence-corrected chi connectivity index (χ2v) is 5.34. The molecule has 2 N–H and O–H groups in total. The predicted octanol–water partition coefficient (Wildman–Crippen LogP) is 1.70. The highest BCUT2D eigenvalue weighted by atomic mass is 16.5. The monoisotopic (exact) mass is 227 g/mol. The molecule has 2 fully saturated rings. The van der Waals surface area contributed by atoms with Crippen molar-refractivity contribution in [2.75, 3.05) is 19.7 Å². The van der Waals surface area contributed by atoms with Gasteiger partial charge in [-0.1, -0.05) is 6.92 Å². The number of ether oxygens (including phenoxy) is 1. The maximum atomic E-state index is 10.7. The van der Waals surface area contributed by atoms with Crippen LogP contribution in [-0.4, -0.2) is 36.5 Å². The first-order valence-corrected chi connectivity index (χ1v) is 6.79. The average Bonchev–Trinajstić information content (AvgIpc) is 2.80. The summed E-state index contributed by atoms with van der Waals surface area (Å²) in [7, 11) is 0. The number of hydrogen-bond donors (Lipinski definition) is 2. The summed E-state index contributed by atoms with van der Waals surface area (Å²) in [4.78, 5) is 0. The van der Waals surface area contributed by atoms with Crippen molar-refractivity contribution < 1.29 is 9.84 Å². The molecule has 0 spiro atoms. The van der Waals surface area contributed by atoms with Gasteiger partial charge in [-0.2, -0.15) is 0 Å². The Morgan fingerprint density at radius 1 is 1.50 bits per heavy atom. The molecule has 3 heteroatoms. The maximum Gasteiger partial charge on any atom is 0.0700 e. The van der Waals surface area contributed by atoms with Crippen LogP contribution in [0.2, 0.25) is 0 Å². The highest BCUT2D eigenvalue weighted by Gasteiger charge is 2.38. The molecule has 3 nitrogen and oxygen atoms in total. The Balaban J connectivity index is 1.84. The van der Waals surface area contributed by atoms with Crippen molar-refractivity contribution >= 4 is 0 Å². The van der Waals surface area contributed by atoms with Gasteiger partial charge in [-0.15, -0.1) is 0 Å². The second-order valence-electron chi connectivity index (χ2n) is 5.34.